The van der Waals surface area contributed by atoms with E-state index in [1.54, 1.807) is 23.1 Å². The Morgan fingerprint density at radius 3 is 2.52 bits per heavy atom. The molecule has 148 valence electrons. The van der Waals surface area contributed by atoms with Crippen molar-refractivity contribution in [3.63, 3.8) is 0 Å². The molecule has 2 aliphatic heterocycles. The van der Waals surface area contributed by atoms with Crippen LogP contribution < -0.4 is 4.74 Å². The number of amides is 1. The van der Waals surface area contributed by atoms with Crippen molar-refractivity contribution in [1.82, 2.24) is 4.90 Å². The Morgan fingerprint density at radius 1 is 1.26 bits per heavy atom. The molecule has 1 fully saturated rings. The SMILES string of the molecule is COC(=O)c1ccc2c(c1)OC1(CCN(C(=O)OC(C)(C)C)CC1)CC2O. The van der Waals surface area contributed by atoms with Gasteiger partial charge >= 0.3 is 12.1 Å². The topological polar surface area (TPSA) is 85.3 Å². The van der Waals surface area contributed by atoms with Crippen LogP contribution in [0.1, 0.15) is 62.1 Å². The van der Waals surface area contributed by atoms with Gasteiger partial charge in [0.2, 0.25) is 0 Å². The summed E-state index contributed by atoms with van der Waals surface area (Å²) in [7, 11) is 1.32. The zero-order valence-electron chi connectivity index (χ0n) is 16.3. The van der Waals surface area contributed by atoms with E-state index >= 15 is 0 Å². The van der Waals surface area contributed by atoms with Crippen molar-refractivity contribution in [3.8, 4) is 5.75 Å². The summed E-state index contributed by atoms with van der Waals surface area (Å²) in [6, 6.07) is 4.95. The average molecular weight is 377 g/mol. The lowest BCUT2D eigenvalue weighted by Crippen LogP contribution is -2.52. The van der Waals surface area contributed by atoms with Gasteiger partial charge in [0.05, 0.1) is 18.8 Å². The van der Waals surface area contributed by atoms with Gasteiger partial charge in [-0.3, -0.25) is 0 Å². The number of ether oxygens (including phenoxy) is 3. The number of likely N-dealkylation sites (tertiary alicyclic amines) is 1. The maximum absolute atomic E-state index is 12.3. The number of rotatable bonds is 1. The molecule has 1 amide bonds. The second kappa shape index (κ2) is 7.03. The molecule has 27 heavy (non-hydrogen) atoms. The van der Waals surface area contributed by atoms with Crippen LogP contribution in [0.2, 0.25) is 0 Å². The van der Waals surface area contributed by atoms with E-state index in [4.69, 9.17) is 14.2 Å². The van der Waals surface area contributed by atoms with Crippen LogP contribution in [-0.2, 0) is 9.47 Å². The fourth-order valence-electron chi connectivity index (χ4n) is 3.61. The maximum atomic E-state index is 12.3. The van der Waals surface area contributed by atoms with E-state index in [9.17, 15) is 14.7 Å². The summed E-state index contributed by atoms with van der Waals surface area (Å²) in [5, 5.41) is 10.6. The second-order valence-corrected chi connectivity index (χ2v) is 8.22. The first kappa shape index (κ1) is 19.5. The quantitative estimate of drug-likeness (QED) is 0.757. The molecule has 0 bridgehead atoms. The monoisotopic (exact) mass is 377 g/mol. The first-order chi connectivity index (χ1) is 12.6. The molecular formula is C20H27NO6. The second-order valence-electron chi connectivity index (χ2n) is 8.22. The van der Waals surface area contributed by atoms with Crippen LogP contribution >= 0.6 is 0 Å². The van der Waals surface area contributed by atoms with E-state index in [2.05, 4.69) is 0 Å². The number of piperidine rings is 1. The number of hydrogen-bond donors (Lipinski definition) is 1. The van der Waals surface area contributed by atoms with Gasteiger partial charge in [0, 0.05) is 37.9 Å². The van der Waals surface area contributed by atoms with Crippen molar-refractivity contribution in [2.24, 2.45) is 0 Å². The number of hydrogen-bond acceptors (Lipinski definition) is 6. The third-order valence-corrected chi connectivity index (χ3v) is 5.01. The first-order valence-corrected chi connectivity index (χ1v) is 9.20. The number of carbonyl (C=O) groups excluding carboxylic acids is 2. The Morgan fingerprint density at radius 2 is 1.93 bits per heavy atom. The van der Waals surface area contributed by atoms with Crippen LogP contribution in [0.3, 0.4) is 0 Å². The van der Waals surface area contributed by atoms with Gasteiger partial charge in [-0.2, -0.15) is 0 Å². The summed E-state index contributed by atoms with van der Waals surface area (Å²) in [5.74, 6) is 0.0534. The standard InChI is InChI=1S/C20H27NO6/c1-19(2,3)27-18(24)21-9-7-20(8-10-21)12-15(22)14-6-5-13(17(23)25-4)11-16(14)26-20/h5-6,11,15,22H,7-10,12H2,1-4H3. The third-order valence-electron chi connectivity index (χ3n) is 5.01. The minimum Gasteiger partial charge on any atom is -0.487 e. The number of nitrogens with zero attached hydrogens (tertiary/aromatic N) is 1. The average Bonchev–Trinajstić information content (AvgIpc) is 2.59. The van der Waals surface area contributed by atoms with Gasteiger partial charge in [0.15, 0.2) is 0 Å². The highest BCUT2D eigenvalue weighted by Gasteiger charge is 2.44. The summed E-state index contributed by atoms with van der Waals surface area (Å²) < 4.78 is 16.4. The van der Waals surface area contributed by atoms with E-state index in [0.29, 0.717) is 49.2 Å². The minimum atomic E-state index is -0.673. The molecule has 0 aliphatic carbocycles. The molecule has 1 unspecified atom stereocenters. The highest BCUT2D eigenvalue weighted by Crippen LogP contribution is 2.44. The molecule has 0 saturated carbocycles. The van der Waals surface area contributed by atoms with E-state index in [1.165, 1.54) is 7.11 Å². The van der Waals surface area contributed by atoms with Crippen LogP contribution in [0.25, 0.3) is 0 Å². The normalized spacial score (nSPS) is 21.2. The number of aliphatic hydroxyl groups is 1. The molecule has 7 nitrogen and oxygen atoms in total. The lowest BCUT2D eigenvalue weighted by Gasteiger charge is -2.45. The number of fused-ring (bicyclic) bond motifs is 1. The Balaban J connectivity index is 1.73. The van der Waals surface area contributed by atoms with Gasteiger partial charge in [-0.25, -0.2) is 9.59 Å². The lowest BCUT2D eigenvalue weighted by molar-refractivity contribution is -0.0570. The van der Waals surface area contributed by atoms with Crippen molar-refractivity contribution in [3.05, 3.63) is 29.3 Å². The Hall–Kier alpha value is -2.28. The molecule has 2 aliphatic rings. The fourth-order valence-corrected chi connectivity index (χ4v) is 3.61. The molecule has 1 saturated heterocycles. The zero-order chi connectivity index (χ0) is 19.8. The Labute approximate surface area is 159 Å². The predicted molar refractivity (Wildman–Crippen MR) is 97.8 cm³/mol. The van der Waals surface area contributed by atoms with Crippen LogP contribution in [-0.4, -0.2) is 53.5 Å². The van der Waals surface area contributed by atoms with Crippen LogP contribution in [0.5, 0.6) is 5.75 Å². The minimum absolute atomic E-state index is 0.331. The van der Waals surface area contributed by atoms with Gasteiger partial charge in [-0.1, -0.05) is 6.07 Å². The first-order valence-electron chi connectivity index (χ1n) is 9.20. The fraction of sp³-hybridized carbons (Fsp3) is 0.600. The molecule has 0 radical (unpaired) electrons. The summed E-state index contributed by atoms with van der Waals surface area (Å²) in [6.07, 6.45) is 0.631. The van der Waals surface area contributed by atoms with Crippen LogP contribution in [0, 0.1) is 0 Å². The van der Waals surface area contributed by atoms with E-state index in [-0.39, 0.29) is 6.09 Å². The van der Waals surface area contributed by atoms with Crippen molar-refractivity contribution in [2.45, 2.75) is 57.3 Å². The molecular weight excluding hydrogens is 350 g/mol. The lowest BCUT2D eigenvalue weighted by atomic mass is 9.81. The highest BCUT2D eigenvalue weighted by molar-refractivity contribution is 5.90. The molecule has 1 atom stereocenters. The van der Waals surface area contributed by atoms with Crippen LogP contribution in [0.4, 0.5) is 4.79 Å². The number of benzene rings is 1. The van der Waals surface area contributed by atoms with Gasteiger partial charge in [0.1, 0.15) is 17.0 Å². The highest BCUT2D eigenvalue weighted by atomic mass is 16.6. The third kappa shape index (κ3) is 4.18. The Bertz CT molecular complexity index is 730. The summed E-state index contributed by atoms with van der Waals surface area (Å²) in [4.78, 5) is 25.7. The largest absolute Gasteiger partial charge is 0.487 e. The van der Waals surface area contributed by atoms with Gasteiger partial charge in [-0.15, -0.1) is 0 Å². The number of aliphatic hydroxyl groups excluding tert-OH is 1. The number of carbonyl (C=O) groups is 2. The molecule has 2 heterocycles. The van der Waals surface area contributed by atoms with Crippen molar-refractivity contribution >= 4 is 12.1 Å². The van der Waals surface area contributed by atoms with Gasteiger partial charge < -0.3 is 24.2 Å². The van der Waals surface area contributed by atoms with Gasteiger partial charge in [0.25, 0.3) is 0 Å². The molecule has 1 spiro atoms. The maximum Gasteiger partial charge on any atom is 0.410 e. The zero-order valence-corrected chi connectivity index (χ0v) is 16.3. The molecule has 7 heteroatoms. The summed E-state index contributed by atoms with van der Waals surface area (Å²) >= 11 is 0. The number of esters is 1. The van der Waals surface area contributed by atoms with Crippen LogP contribution in [0.15, 0.2) is 18.2 Å². The predicted octanol–water partition coefficient (Wildman–Crippen LogP) is 3.06. The van der Waals surface area contributed by atoms with Crippen molar-refractivity contribution in [2.75, 3.05) is 20.2 Å². The molecule has 1 aromatic rings. The summed E-state index contributed by atoms with van der Waals surface area (Å²) in [6.45, 7) is 6.51. The molecule has 1 N–H and O–H groups in total. The van der Waals surface area contributed by atoms with Crippen molar-refractivity contribution in [1.29, 1.82) is 0 Å². The van der Waals surface area contributed by atoms with E-state index in [0.717, 1.165) is 0 Å². The molecule has 1 aromatic carbocycles. The van der Waals surface area contributed by atoms with E-state index in [1.807, 2.05) is 20.8 Å². The smallest absolute Gasteiger partial charge is 0.410 e. The number of methoxy groups -OCH3 is 1. The van der Waals surface area contributed by atoms with Crippen molar-refractivity contribution < 1.29 is 28.9 Å². The molecule has 3 rings (SSSR count). The molecule has 0 aromatic heterocycles. The van der Waals surface area contributed by atoms with Gasteiger partial charge in [-0.05, 0) is 32.9 Å². The summed E-state index contributed by atoms with van der Waals surface area (Å²) in [5.41, 5.74) is -0.0401. The Kier molecular flexibility index (Phi) is 5.08. The van der Waals surface area contributed by atoms with E-state index < -0.39 is 23.3 Å².